The van der Waals surface area contributed by atoms with Crippen molar-refractivity contribution < 1.29 is 19.1 Å². The van der Waals surface area contributed by atoms with E-state index in [1.807, 2.05) is 37.3 Å². The van der Waals surface area contributed by atoms with Gasteiger partial charge in [0, 0.05) is 11.4 Å². The summed E-state index contributed by atoms with van der Waals surface area (Å²) in [6.45, 7) is 2.09. The third-order valence-electron chi connectivity index (χ3n) is 3.18. The molecule has 1 N–H and O–H groups in total. The van der Waals surface area contributed by atoms with Crippen LogP contribution in [-0.4, -0.2) is 32.1 Å². The lowest BCUT2D eigenvalue weighted by Crippen LogP contribution is -2.30. The Morgan fingerprint density at radius 3 is 2.65 bits per heavy atom. The van der Waals surface area contributed by atoms with Crippen LogP contribution >= 0.6 is 11.3 Å². The lowest BCUT2D eigenvalue weighted by Gasteiger charge is -2.09. The Kier molecular flexibility index (Phi) is 6.17. The van der Waals surface area contributed by atoms with Gasteiger partial charge < -0.3 is 14.8 Å². The smallest absolute Gasteiger partial charge is 0.348 e. The van der Waals surface area contributed by atoms with Gasteiger partial charge in [-0.05, 0) is 37.1 Å². The molecule has 0 aliphatic carbocycles. The molecule has 0 atom stereocenters. The average Bonchev–Trinajstić information content (AvgIpc) is 2.99. The molecule has 23 heavy (non-hydrogen) atoms. The van der Waals surface area contributed by atoms with Crippen LogP contribution in [0.3, 0.4) is 0 Å². The molecular weight excluding hydrogens is 314 g/mol. The molecule has 5 nitrogen and oxygen atoms in total. The first-order valence-corrected chi connectivity index (χ1v) is 8.04. The third kappa shape index (κ3) is 5.10. The van der Waals surface area contributed by atoms with E-state index in [2.05, 4.69) is 5.32 Å². The maximum absolute atomic E-state index is 11.7. The zero-order valence-corrected chi connectivity index (χ0v) is 13.9. The number of aryl methyl sites for hydroxylation is 1. The van der Waals surface area contributed by atoms with Gasteiger partial charge in [-0.1, -0.05) is 18.2 Å². The topological polar surface area (TPSA) is 64.6 Å². The summed E-state index contributed by atoms with van der Waals surface area (Å²) in [5, 5.41) is 2.73. The number of carbonyl (C=O) groups excluding carboxylic acids is 2. The highest BCUT2D eigenvalue weighted by atomic mass is 32.1. The van der Waals surface area contributed by atoms with Crippen LogP contribution in [0.5, 0.6) is 5.75 Å². The van der Waals surface area contributed by atoms with Gasteiger partial charge in [0.2, 0.25) is 0 Å². The minimum atomic E-state index is -0.469. The van der Waals surface area contributed by atoms with Crippen LogP contribution in [0.1, 0.15) is 20.1 Å². The Labute approximate surface area is 139 Å². The van der Waals surface area contributed by atoms with Crippen molar-refractivity contribution >= 4 is 23.2 Å². The van der Waals surface area contributed by atoms with E-state index in [4.69, 9.17) is 9.47 Å². The Bertz CT molecular complexity index is 681. The Morgan fingerprint density at radius 2 is 1.96 bits per heavy atom. The van der Waals surface area contributed by atoms with E-state index in [-0.39, 0.29) is 12.5 Å². The third-order valence-corrected chi connectivity index (χ3v) is 4.17. The molecule has 6 heteroatoms. The van der Waals surface area contributed by atoms with Gasteiger partial charge in [0.25, 0.3) is 5.91 Å². The van der Waals surface area contributed by atoms with Crippen molar-refractivity contribution in [1.82, 2.24) is 5.32 Å². The van der Waals surface area contributed by atoms with E-state index < -0.39 is 5.97 Å². The molecule has 0 radical (unpaired) electrons. The number of nitrogens with one attached hydrogen (secondary N) is 1. The molecule has 0 saturated carbocycles. The number of amides is 1. The maximum atomic E-state index is 11.7. The number of hydrogen-bond donors (Lipinski definition) is 1. The van der Waals surface area contributed by atoms with Gasteiger partial charge >= 0.3 is 5.97 Å². The molecule has 0 saturated heterocycles. The van der Waals surface area contributed by atoms with Crippen LogP contribution in [0.2, 0.25) is 0 Å². The molecule has 122 valence electrons. The second-order valence-corrected chi connectivity index (χ2v) is 6.19. The van der Waals surface area contributed by atoms with Gasteiger partial charge in [-0.15, -0.1) is 11.3 Å². The number of ether oxygens (including phenoxy) is 2. The monoisotopic (exact) mass is 333 g/mol. The van der Waals surface area contributed by atoms with Gasteiger partial charge in [0.05, 0.1) is 7.11 Å². The number of esters is 1. The first-order valence-electron chi connectivity index (χ1n) is 7.22. The first kappa shape index (κ1) is 17.0. The second-order valence-electron chi connectivity index (χ2n) is 4.90. The summed E-state index contributed by atoms with van der Waals surface area (Å²) < 4.78 is 10.2. The zero-order valence-electron chi connectivity index (χ0n) is 13.1. The summed E-state index contributed by atoms with van der Waals surface area (Å²) in [5.41, 5.74) is 1.02. The van der Waals surface area contributed by atoms with Gasteiger partial charge in [-0.25, -0.2) is 4.79 Å². The van der Waals surface area contributed by atoms with E-state index in [0.29, 0.717) is 17.8 Å². The van der Waals surface area contributed by atoms with Crippen molar-refractivity contribution in [3.05, 3.63) is 51.7 Å². The van der Waals surface area contributed by atoms with Gasteiger partial charge in [0.15, 0.2) is 6.61 Å². The van der Waals surface area contributed by atoms with E-state index in [1.54, 1.807) is 13.2 Å². The lowest BCUT2D eigenvalue weighted by atomic mass is 10.1. The summed E-state index contributed by atoms with van der Waals surface area (Å²) in [5.74, 6) is 0.00532. The highest BCUT2D eigenvalue weighted by molar-refractivity contribution is 7.13. The van der Waals surface area contributed by atoms with E-state index >= 15 is 0 Å². The second kappa shape index (κ2) is 8.33. The number of rotatable bonds is 7. The number of hydrogen-bond acceptors (Lipinski definition) is 5. The summed E-state index contributed by atoms with van der Waals surface area (Å²) in [7, 11) is 1.61. The van der Waals surface area contributed by atoms with Crippen molar-refractivity contribution in [3.63, 3.8) is 0 Å². The molecule has 0 bridgehead atoms. The van der Waals surface area contributed by atoms with E-state index in [1.165, 1.54) is 11.3 Å². The average molecular weight is 333 g/mol. The molecule has 0 spiro atoms. The van der Waals surface area contributed by atoms with Crippen molar-refractivity contribution in [2.24, 2.45) is 0 Å². The highest BCUT2D eigenvalue weighted by Crippen LogP contribution is 2.17. The summed E-state index contributed by atoms with van der Waals surface area (Å²) >= 11 is 1.35. The number of para-hydroxylation sites is 1. The Balaban J connectivity index is 1.72. The fourth-order valence-electron chi connectivity index (χ4n) is 2.04. The van der Waals surface area contributed by atoms with Crippen LogP contribution in [0.25, 0.3) is 0 Å². The molecule has 0 unspecified atom stereocenters. The maximum Gasteiger partial charge on any atom is 0.348 e. The molecule has 2 aromatic rings. The predicted octanol–water partition coefficient (Wildman–Crippen LogP) is 2.58. The summed E-state index contributed by atoms with van der Waals surface area (Å²) in [4.78, 5) is 25.0. The molecule has 2 rings (SSSR count). The lowest BCUT2D eigenvalue weighted by molar-refractivity contribution is -0.124. The first-order chi connectivity index (χ1) is 11.1. The Morgan fingerprint density at radius 1 is 1.17 bits per heavy atom. The minimum Gasteiger partial charge on any atom is -0.496 e. The van der Waals surface area contributed by atoms with Gasteiger partial charge in [-0.3, -0.25) is 4.79 Å². The zero-order chi connectivity index (χ0) is 16.7. The molecule has 1 amide bonds. The largest absolute Gasteiger partial charge is 0.496 e. The van der Waals surface area contributed by atoms with Gasteiger partial charge in [-0.2, -0.15) is 0 Å². The summed E-state index contributed by atoms with van der Waals surface area (Å²) in [6, 6.07) is 11.2. The van der Waals surface area contributed by atoms with Crippen LogP contribution in [0.15, 0.2) is 36.4 Å². The molecule has 1 aromatic carbocycles. The minimum absolute atomic E-state index is 0.276. The standard InChI is InChI=1S/C17H19NO4S/c1-12-7-8-15(23-12)17(20)22-11-16(19)18-10-9-13-5-3-4-6-14(13)21-2/h3-8H,9-11H2,1-2H3,(H,18,19). The Hall–Kier alpha value is -2.34. The number of carbonyl (C=O) groups is 2. The molecule has 0 fully saturated rings. The van der Waals surface area contributed by atoms with Gasteiger partial charge in [0.1, 0.15) is 10.6 Å². The number of thiophene rings is 1. The summed E-state index contributed by atoms with van der Waals surface area (Å²) in [6.07, 6.45) is 0.647. The molecule has 1 aromatic heterocycles. The van der Waals surface area contributed by atoms with Crippen LogP contribution in [0.4, 0.5) is 0 Å². The van der Waals surface area contributed by atoms with Crippen LogP contribution < -0.4 is 10.1 Å². The van der Waals surface area contributed by atoms with Crippen molar-refractivity contribution in [1.29, 1.82) is 0 Å². The number of benzene rings is 1. The molecule has 0 aliphatic heterocycles. The fourth-order valence-corrected chi connectivity index (χ4v) is 2.80. The number of methoxy groups -OCH3 is 1. The van der Waals surface area contributed by atoms with Crippen LogP contribution in [-0.2, 0) is 16.0 Å². The van der Waals surface area contributed by atoms with E-state index in [0.717, 1.165) is 16.2 Å². The molecule has 0 aliphatic rings. The fraction of sp³-hybridized carbons (Fsp3) is 0.294. The van der Waals surface area contributed by atoms with Crippen molar-refractivity contribution in [2.45, 2.75) is 13.3 Å². The predicted molar refractivity (Wildman–Crippen MR) is 89.0 cm³/mol. The quantitative estimate of drug-likeness (QED) is 0.791. The van der Waals surface area contributed by atoms with E-state index in [9.17, 15) is 9.59 Å². The molecule has 1 heterocycles. The molecular formula is C17H19NO4S. The van der Waals surface area contributed by atoms with Crippen molar-refractivity contribution in [2.75, 3.05) is 20.3 Å². The SMILES string of the molecule is COc1ccccc1CCNC(=O)COC(=O)c1ccc(C)s1. The highest BCUT2D eigenvalue weighted by Gasteiger charge is 2.12. The normalized spacial score (nSPS) is 10.2. The van der Waals surface area contributed by atoms with Crippen LogP contribution in [0, 0.1) is 6.92 Å². The van der Waals surface area contributed by atoms with Crippen molar-refractivity contribution in [3.8, 4) is 5.75 Å².